The van der Waals surface area contributed by atoms with Crippen molar-refractivity contribution in [3.8, 4) is 5.75 Å². The molecule has 3 heteroatoms. The maximum atomic E-state index is 5.97. The largest absolute Gasteiger partial charge is 0.489 e. The lowest BCUT2D eigenvalue weighted by molar-refractivity contribution is 0.307. The molecule has 1 nitrogen and oxygen atoms in total. The third-order valence-electron chi connectivity index (χ3n) is 4.00. The molecule has 0 heterocycles. The van der Waals surface area contributed by atoms with Crippen molar-refractivity contribution in [3.63, 3.8) is 0 Å². The molecule has 0 spiro atoms. The zero-order chi connectivity index (χ0) is 16.8. The SMILES string of the molecule is CCCCSc1ccc2cc(OCc3ccccc3P)ccc2c1. The summed E-state index contributed by atoms with van der Waals surface area (Å²) in [6.45, 7) is 2.83. The second-order valence-corrected chi connectivity index (χ2v) is 7.65. The van der Waals surface area contributed by atoms with Crippen molar-refractivity contribution < 1.29 is 4.74 Å². The normalized spacial score (nSPS) is 10.9. The first-order chi connectivity index (χ1) is 11.8. The Morgan fingerprint density at radius 3 is 2.58 bits per heavy atom. The van der Waals surface area contributed by atoms with Crippen molar-refractivity contribution in [2.45, 2.75) is 31.3 Å². The lowest BCUT2D eigenvalue weighted by Gasteiger charge is -2.10. The van der Waals surface area contributed by atoms with E-state index in [1.807, 2.05) is 23.9 Å². The Balaban J connectivity index is 1.69. The molecule has 0 aliphatic carbocycles. The van der Waals surface area contributed by atoms with Gasteiger partial charge in [-0.3, -0.25) is 0 Å². The Labute approximate surface area is 151 Å². The number of hydrogen-bond acceptors (Lipinski definition) is 2. The van der Waals surface area contributed by atoms with Crippen LogP contribution in [0.2, 0.25) is 0 Å². The summed E-state index contributed by atoms with van der Waals surface area (Å²) in [4.78, 5) is 1.35. The van der Waals surface area contributed by atoms with Gasteiger partial charge in [0.05, 0.1) is 0 Å². The molecule has 1 unspecified atom stereocenters. The first-order valence-electron chi connectivity index (χ1n) is 8.39. The summed E-state index contributed by atoms with van der Waals surface area (Å²) in [7, 11) is 2.76. The van der Waals surface area contributed by atoms with Gasteiger partial charge in [0.25, 0.3) is 0 Å². The molecule has 0 aromatic heterocycles. The Hall–Kier alpha value is -1.50. The van der Waals surface area contributed by atoms with E-state index in [1.54, 1.807) is 0 Å². The van der Waals surface area contributed by atoms with Gasteiger partial charge in [0.15, 0.2) is 0 Å². The molecule has 3 aromatic carbocycles. The topological polar surface area (TPSA) is 9.23 Å². The van der Waals surface area contributed by atoms with Crippen LogP contribution in [0, 0.1) is 0 Å². The van der Waals surface area contributed by atoms with Gasteiger partial charge < -0.3 is 4.74 Å². The molecule has 0 N–H and O–H groups in total. The van der Waals surface area contributed by atoms with E-state index in [9.17, 15) is 0 Å². The van der Waals surface area contributed by atoms with Crippen molar-refractivity contribution in [2.24, 2.45) is 0 Å². The van der Waals surface area contributed by atoms with Crippen LogP contribution < -0.4 is 10.0 Å². The molecule has 3 aromatic rings. The summed E-state index contributed by atoms with van der Waals surface area (Å²) in [5.74, 6) is 2.11. The van der Waals surface area contributed by atoms with E-state index in [4.69, 9.17) is 4.74 Å². The number of thioether (sulfide) groups is 1. The molecule has 0 aliphatic heterocycles. The summed E-state index contributed by atoms with van der Waals surface area (Å²) in [5, 5.41) is 3.69. The minimum atomic E-state index is 0.593. The molecule has 0 bridgehead atoms. The van der Waals surface area contributed by atoms with Crippen LogP contribution in [-0.4, -0.2) is 5.75 Å². The standard InChI is InChI=1S/C21H23OPS/c1-2-3-12-24-20-11-9-16-13-19(10-8-17(16)14-20)22-15-18-6-4-5-7-21(18)23/h4-11,13-14H,2-3,12,15,23H2,1H3. The number of benzene rings is 3. The second kappa shape index (κ2) is 8.55. The first-order valence-corrected chi connectivity index (χ1v) is 9.95. The summed E-state index contributed by atoms with van der Waals surface area (Å²) >= 11 is 1.94. The molecular formula is C21H23OPS. The van der Waals surface area contributed by atoms with E-state index < -0.39 is 0 Å². The molecule has 0 fully saturated rings. The number of fused-ring (bicyclic) bond motifs is 1. The molecule has 0 amide bonds. The zero-order valence-electron chi connectivity index (χ0n) is 14.0. The summed E-state index contributed by atoms with van der Waals surface area (Å²) in [6, 6.07) is 21.3. The fraction of sp³-hybridized carbons (Fsp3) is 0.238. The highest BCUT2D eigenvalue weighted by Gasteiger charge is 2.02. The third-order valence-corrected chi connectivity index (χ3v) is 5.64. The van der Waals surface area contributed by atoms with Crippen LogP contribution in [0.1, 0.15) is 25.3 Å². The number of unbranched alkanes of at least 4 members (excludes halogenated alkanes) is 1. The molecule has 24 heavy (non-hydrogen) atoms. The highest BCUT2D eigenvalue weighted by Crippen LogP contribution is 2.27. The lowest BCUT2D eigenvalue weighted by Crippen LogP contribution is -2.05. The third kappa shape index (κ3) is 4.53. The van der Waals surface area contributed by atoms with Crippen LogP contribution in [0.3, 0.4) is 0 Å². The van der Waals surface area contributed by atoms with E-state index in [0.29, 0.717) is 6.61 Å². The van der Waals surface area contributed by atoms with Crippen LogP contribution in [0.15, 0.2) is 65.6 Å². The molecule has 3 rings (SSSR count). The van der Waals surface area contributed by atoms with Gasteiger partial charge in [0, 0.05) is 4.90 Å². The summed E-state index contributed by atoms with van der Waals surface area (Å²) in [6.07, 6.45) is 2.52. The molecule has 0 saturated heterocycles. The number of rotatable bonds is 7. The highest BCUT2D eigenvalue weighted by atomic mass is 32.2. The Kier molecular flexibility index (Phi) is 6.18. The van der Waals surface area contributed by atoms with Gasteiger partial charge in [-0.05, 0) is 58.1 Å². The predicted octanol–water partition coefficient (Wildman–Crippen LogP) is 5.81. The quantitative estimate of drug-likeness (QED) is 0.301. The fourth-order valence-electron chi connectivity index (χ4n) is 2.54. The van der Waals surface area contributed by atoms with Gasteiger partial charge in [-0.25, -0.2) is 0 Å². The average Bonchev–Trinajstić information content (AvgIpc) is 2.61. The molecule has 0 radical (unpaired) electrons. The minimum Gasteiger partial charge on any atom is -0.489 e. The Morgan fingerprint density at radius 2 is 1.75 bits per heavy atom. The molecule has 0 saturated carbocycles. The van der Waals surface area contributed by atoms with Crippen molar-refractivity contribution >= 4 is 37.1 Å². The van der Waals surface area contributed by atoms with E-state index >= 15 is 0 Å². The fourth-order valence-corrected chi connectivity index (χ4v) is 3.88. The van der Waals surface area contributed by atoms with Gasteiger partial charge in [-0.2, -0.15) is 0 Å². The van der Waals surface area contributed by atoms with Crippen LogP contribution in [0.5, 0.6) is 5.75 Å². The minimum absolute atomic E-state index is 0.593. The Bertz CT molecular complexity index is 816. The van der Waals surface area contributed by atoms with E-state index in [1.165, 1.54) is 45.1 Å². The van der Waals surface area contributed by atoms with Crippen LogP contribution in [0.25, 0.3) is 10.8 Å². The first kappa shape index (κ1) is 17.3. The zero-order valence-corrected chi connectivity index (χ0v) is 16.0. The number of ether oxygens (including phenoxy) is 1. The van der Waals surface area contributed by atoms with Gasteiger partial charge >= 0.3 is 0 Å². The predicted molar refractivity (Wildman–Crippen MR) is 110 cm³/mol. The van der Waals surface area contributed by atoms with Gasteiger partial charge in [-0.1, -0.05) is 49.7 Å². The summed E-state index contributed by atoms with van der Waals surface area (Å²) in [5.41, 5.74) is 1.20. The smallest absolute Gasteiger partial charge is 0.120 e. The van der Waals surface area contributed by atoms with Crippen molar-refractivity contribution in [1.29, 1.82) is 0 Å². The van der Waals surface area contributed by atoms with Crippen molar-refractivity contribution in [3.05, 3.63) is 66.2 Å². The lowest BCUT2D eigenvalue weighted by atomic mass is 10.1. The van der Waals surface area contributed by atoms with Gasteiger partial charge in [-0.15, -0.1) is 21.0 Å². The maximum Gasteiger partial charge on any atom is 0.120 e. The Morgan fingerprint density at radius 1 is 0.958 bits per heavy atom. The van der Waals surface area contributed by atoms with Crippen LogP contribution in [0.4, 0.5) is 0 Å². The molecule has 0 aliphatic rings. The molecule has 1 atom stereocenters. The molecule has 124 valence electrons. The van der Waals surface area contributed by atoms with E-state index in [-0.39, 0.29) is 0 Å². The summed E-state index contributed by atoms with van der Waals surface area (Å²) < 4.78 is 5.97. The number of hydrogen-bond donors (Lipinski definition) is 0. The second-order valence-electron chi connectivity index (χ2n) is 5.86. The highest BCUT2D eigenvalue weighted by molar-refractivity contribution is 7.99. The van der Waals surface area contributed by atoms with E-state index in [2.05, 4.69) is 64.7 Å². The van der Waals surface area contributed by atoms with Gasteiger partial charge in [0.1, 0.15) is 12.4 Å². The average molecular weight is 354 g/mol. The monoisotopic (exact) mass is 354 g/mol. The van der Waals surface area contributed by atoms with Gasteiger partial charge in [0.2, 0.25) is 0 Å². The van der Waals surface area contributed by atoms with Crippen LogP contribution >= 0.6 is 21.0 Å². The molecular weight excluding hydrogens is 331 g/mol. The van der Waals surface area contributed by atoms with Crippen molar-refractivity contribution in [1.82, 2.24) is 0 Å². The van der Waals surface area contributed by atoms with Crippen LogP contribution in [-0.2, 0) is 6.61 Å². The van der Waals surface area contributed by atoms with Crippen molar-refractivity contribution in [2.75, 3.05) is 5.75 Å². The van der Waals surface area contributed by atoms with E-state index in [0.717, 1.165) is 5.75 Å². The maximum absolute atomic E-state index is 5.97.